The van der Waals surface area contributed by atoms with Crippen molar-refractivity contribution in [2.75, 3.05) is 0 Å². The van der Waals surface area contributed by atoms with Crippen LogP contribution in [0, 0.1) is 12.3 Å². The van der Waals surface area contributed by atoms with Gasteiger partial charge in [-0.3, -0.25) is 0 Å². The van der Waals surface area contributed by atoms with Crippen LogP contribution in [0.4, 0.5) is 13.2 Å². The fraction of sp³-hybridized carbons (Fsp3) is 0.333. The minimum absolute atomic E-state index is 0.115. The molecule has 0 spiro atoms. The van der Waals surface area contributed by atoms with Gasteiger partial charge in [-0.25, -0.2) is 0 Å². The molecule has 0 aliphatic carbocycles. The van der Waals surface area contributed by atoms with Gasteiger partial charge in [0.15, 0.2) is 0 Å². The molecule has 0 saturated carbocycles. The fourth-order valence-corrected chi connectivity index (χ4v) is 1.91. The van der Waals surface area contributed by atoms with Crippen molar-refractivity contribution in [2.24, 2.45) is 0 Å². The Morgan fingerprint density at radius 3 is 2.38 bits per heavy atom. The highest BCUT2D eigenvalue weighted by molar-refractivity contribution is 8.00. The lowest BCUT2D eigenvalue weighted by Gasteiger charge is -2.12. The minimum atomic E-state index is -4.26. The highest BCUT2D eigenvalue weighted by Crippen LogP contribution is 2.35. The number of rotatable bonds is 4. The molecule has 0 nitrogen and oxygen atoms in total. The van der Waals surface area contributed by atoms with E-state index < -0.39 is 10.8 Å². The smallest absolute Gasteiger partial charge is 0.160 e. The predicted molar refractivity (Wildman–Crippen MR) is 61.0 cm³/mol. The maximum absolute atomic E-state index is 12.1. The molecule has 0 heterocycles. The maximum atomic E-state index is 12.1. The van der Waals surface area contributed by atoms with Gasteiger partial charge in [0.2, 0.25) is 0 Å². The molecule has 0 fully saturated rings. The average molecular weight is 244 g/mol. The van der Waals surface area contributed by atoms with Gasteiger partial charge in [0.05, 0.1) is 5.25 Å². The number of alkyl halides is 3. The lowest BCUT2D eigenvalue weighted by Crippen LogP contribution is -2.11. The molecule has 0 unspecified atom stereocenters. The van der Waals surface area contributed by atoms with E-state index in [9.17, 15) is 13.2 Å². The van der Waals surface area contributed by atoms with Crippen molar-refractivity contribution in [2.45, 2.75) is 23.6 Å². The monoisotopic (exact) mass is 244 g/mol. The van der Waals surface area contributed by atoms with Crippen LogP contribution >= 0.6 is 11.8 Å². The van der Waals surface area contributed by atoms with Gasteiger partial charge < -0.3 is 0 Å². The largest absolute Gasteiger partial charge is 0.443 e. The topological polar surface area (TPSA) is 0 Å². The molecule has 0 aliphatic rings. The predicted octanol–water partition coefficient (Wildman–Crippen LogP) is 3.87. The van der Waals surface area contributed by atoms with E-state index in [1.54, 1.807) is 0 Å². The van der Waals surface area contributed by atoms with E-state index in [1.807, 2.05) is 30.3 Å². The lowest BCUT2D eigenvalue weighted by molar-refractivity contribution is -0.0331. The van der Waals surface area contributed by atoms with Crippen molar-refractivity contribution in [3.8, 4) is 12.3 Å². The van der Waals surface area contributed by atoms with Crippen LogP contribution in [-0.2, 0) is 6.42 Å². The van der Waals surface area contributed by atoms with Crippen LogP contribution in [0.3, 0.4) is 0 Å². The van der Waals surface area contributed by atoms with Crippen LogP contribution in [0.2, 0.25) is 0 Å². The quantitative estimate of drug-likeness (QED) is 0.724. The first-order chi connectivity index (χ1) is 7.51. The van der Waals surface area contributed by atoms with Crippen molar-refractivity contribution in [1.29, 1.82) is 0 Å². The van der Waals surface area contributed by atoms with Crippen LogP contribution in [0.15, 0.2) is 30.3 Å². The van der Waals surface area contributed by atoms with Crippen molar-refractivity contribution in [1.82, 2.24) is 0 Å². The zero-order chi connectivity index (χ0) is 12.0. The Balaban J connectivity index is 2.44. The van der Waals surface area contributed by atoms with Crippen LogP contribution in [0.25, 0.3) is 0 Å². The van der Waals surface area contributed by atoms with Gasteiger partial charge in [0, 0.05) is 0 Å². The van der Waals surface area contributed by atoms with Gasteiger partial charge in [0.25, 0.3) is 0 Å². The molecule has 1 aromatic rings. The summed E-state index contributed by atoms with van der Waals surface area (Å²) >= 11 is -0.115. The second-order valence-electron chi connectivity index (χ2n) is 3.24. The molecule has 0 aliphatic heterocycles. The summed E-state index contributed by atoms with van der Waals surface area (Å²) in [6.07, 6.45) is 5.98. The van der Waals surface area contributed by atoms with Crippen LogP contribution in [-0.4, -0.2) is 10.8 Å². The molecule has 1 aromatic carbocycles. The minimum Gasteiger partial charge on any atom is -0.160 e. The summed E-state index contributed by atoms with van der Waals surface area (Å²) in [5.41, 5.74) is -3.25. The standard InChI is InChI=1S/C12H11F3S/c1-2-11(16-12(13,14)15)9-8-10-6-4-3-5-7-10/h1,3-7,11H,8-9H2/t11-/m1/s1. The van der Waals surface area contributed by atoms with Crippen LogP contribution < -0.4 is 0 Å². The first-order valence-corrected chi connectivity index (χ1v) is 5.64. The van der Waals surface area contributed by atoms with E-state index in [2.05, 4.69) is 5.92 Å². The van der Waals surface area contributed by atoms with E-state index in [0.717, 1.165) is 5.56 Å². The van der Waals surface area contributed by atoms with E-state index in [-0.39, 0.29) is 11.8 Å². The molecule has 0 saturated heterocycles. The second-order valence-corrected chi connectivity index (χ2v) is 4.51. The van der Waals surface area contributed by atoms with Crippen molar-refractivity contribution >= 4 is 11.8 Å². The maximum Gasteiger partial charge on any atom is 0.443 e. The molecule has 0 aromatic heterocycles. The van der Waals surface area contributed by atoms with Crippen molar-refractivity contribution in [3.05, 3.63) is 35.9 Å². The summed E-state index contributed by atoms with van der Waals surface area (Å²) in [6.45, 7) is 0. The van der Waals surface area contributed by atoms with Gasteiger partial charge in [-0.1, -0.05) is 36.3 Å². The SMILES string of the molecule is C#C[C@H](CCc1ccccc1)SC(F)(F)F. The molecule has 16 heavy (non-hydrogen) atoms. The van der Waals surface area contributed by atoms with Crippen LogP contribution in [0.5, 0.6) is 0 Å². The molecule has 1 rings (SSSR count). The first kappa shape index (κ1) is 13.0. The molecule has 0 amide bonds. The Morgan fingerprint density at radius 1 is 1.25 bits per heavy atom. The number of halogens is 3. The summed E-state index contributed by atoms with van der Waals surface area (Å²) in [5, 5.41) is -0.805. The summed E-state index contributed by atoms with van der Waals surface area (Å²) < 4.78 is 36.3. The zero-order valence-electron chi connectivity index (χ0n) is 8.50. The summed E-state index contributed by atoms with van der Waals surface area (Å²) in [4.78, 5) is 0. The lowest BCUT2D eigenvalue weighted by atomic mass is 10.1. The normalized spacial score (nSPS) is 13.1. The van der Waals surface area contributed by atoms with Gasteiger partial charge in [-0.05, 0) is 30.2 Å². The molecular formula is C12H11F3S. The summed E-state index contributed by atoms with van der Waals surface area (Å²) in [5.74, 6) is 2.17. The van der Waals surface area contributed by atoms with Crippen molar-refractivity contribution in [3.63, 3.8) is 0 Å². The Labute approximate surface area is 97.2 Å². The third kappa shape index (κ3) is 5.13. The molecule has 4 heteroatoms. The molecule has 0 bridgehead atoms. The highest BCUT2D eigenvalue weighted by Gasteiger charge is 2.32. The average Bonchev–Trinajstić information content (AvgIpc) is 2.24. The number of thioether (sulfide) groups is 1. The summed E-state index contributed by atoms with van der Waals surface area (Å²) in [7, 11) is 0. The second kappa shape index (κ2) is 5.86. The Bertz CT molecular complexity index is 351. The number of hydrogen-bond acceptors (Lipinski definition) is 1. The Kier molecular flexibility index (Phi) is 4.75. The molecular weight excluding hydrogens is 233 g/mol. The van der Waals surface area contributed by atoms with E-state index >= 15 is 0 Å². The zero-order valence-corrected chi connectivity index (χ0v) is 9.31. The van der Waals surface area contributed by atoms with E-state index in [1.165, 1.54) is 0 Å². The number of hydrogen-bond donors (Lipinski definition) is 0. The fourth-order valence-electron chi connectivity index (χ4n) is 1.28. The van der Waals surface area contributed by atoms with Crippen LogP contribution in [0.1, 0.15) is 12.0 Å². The first-order valence-electron chi connectivity index (χ1n) is 4.76. The van der Waals surface area contributed by atoms with Gasteiger partial charge >= 0.3 is 5.51 Å². The third-order valence-corrected chi connectivity index (χ3v) is 2.92. The number of aryl methyl sites for hydroxylation is 1. The number of terminal acetylenes is 1. The molecule has 0 radical (unpaired) electrons. The van der Waals surface area contributed by atoms with Gasteiger partial charge in [0.1, 0.15) is 0 Å². The molecule has 1 atom stereocenters. The van der Waals surface area contributed by atoms with E-state index in [4.69, 9.17) is 6.42 Å². The number of benzene rings is 1. The third-order valence-electron chi connectivity index (χ3n) is 2.00. The molecule has 86 valence electrons. The van der Waals surface area contributed by atoms with Crippen molar-refractivity contribution < 1.29 is 13.2 Å². The highest BCUT2D eigenvalue weighted by atomic mass is 32.2. The Morgan fingerprint density at radius 2 is 1.88 bits per heavy atom. The summed E-state index contributed by atoms with van der Waals surface area (Å²) in [6, 6.07) is 9.35. The Hall–Kier alpha value is -1.08. The van der Waals surface area contributed by atoms with Gasteiger partial charge in [-0.2, -0.15) is 13.2 Å². The van der Waals surface area contributed by atoms with E-state index in [0.29, 0.717) is 12.8 Å². The van der Waals surface area contributed by atoms with Gasteiger partial charge in [-0.15, -0.1) is 6.42 Å². The molecule has 0 N–H and O–H groups in total.